The molecule has 1 saturated carbocycles. The van der Waals surface area contributed by atoms with Crippen LogP contribution in [0.15, 0.2) is 17.3 Å². The number of aryl methyl sites for hydroxylation is 2. The normalized spacial score (nSPS) is 22.4. The van der Waals surface area contributed by atoms with Crippen LogP contribution >= 0.6 is 0 Å². The van der Waals surface area contributed by atoms with Crippen LogP contribution in [0.3, 0.4) is 0 Å². The number of nitrogens with one attached hydrogen (secondary N) is 1. The summed E-state index contributed by atoms with van der Waals surface area (Å²) in [7, 11) is 1.62. The first-order valence-electron chi connectivity index (χ1n) is 16.6. The van der Waals surface area contributed by atoms with E-state index in [1.807, 2.05) is 53.7 Å². The minimum atomic E-state index is -1.09. The molecule has 1 aromatic rings. The number of rotatable bonds is 12. The Morgan fingerprint density at radius 1 is 1.13 bits per heavy atom. The van der Waals surface area contributed by atoms with Gasteiger partial charge in [-0.2, -0.15) is 0 Å². The summed E-state index contributed by atoms with van der Waals surface area (Å²) in [4.78, 5) is 73.4. The number of oxime groups is 1. The third-order valence-electron chi connectivity index (χ3n) is 9.54. The predicted octanol–water partition coefficient (Wildman–Crippen LogP) is 4.29. The summed E-state index contributed by atoms with van der Waals surface area (Å²) in [5.74, 6) is -2.84. The van der Waals surface area contributed by atoms with E-state index < -0.39 is 52.7 Å². The summed E-state index contributed by atoms with van der Waals surface area (Å²) in [5.41, 5.74) is 6.97. The molecule has 2 fully saturated rings. The summed E-state index contributed by atoms with van der Waals surface area (Å²) in [5, 5.41) is 7.22. The van der Waals surface area contributed by atoms with Crippen molar-refractivity contribution in [3.8, 4) is 5.75 Å². The molecular weight excluding hydrogens is 604 g/mol. The molecule has 12 nitrogen and oxygen atoms in total. The van der Waals surface area contributed by atoms with Crippen molar-refractivity contribution in [3.05, 3.63) is 28.8 Å². The zero-order valence-corrected chi connectivity index (χ0v) is 28.8. The smallest absolute Gasteiger partial charge is 0.408 e. The summed E-state index contributed by atoms with van der Waals surface area (Å²) >= 11 is 0. The molecule has 47 heavy (non-hydrogen) atoms. The lowest BCUT2D eigenvalue weighted by molar-refractivity contribution is -0.143. The number of ether oxygens (including phenoxy) is 2. The van der Waals surface area contributed by atoms with Crippen LogP contribution < -0.4 is 15.8 Å². The molecule has 0 unspecified atom stereocenters. The van der Waals surface area contributed by atoms with Crippen LogP contribution in [0.25, 0.3) is 0 Å². The summed E-state index contributed by atoms with van der Waals surface area (Å²) < 4.78 is 11.1. The highest BCUT2D eigenvalue weighted by molar-refractivity contribution is 6.36. The van der Waals surface area contributed by atoms with Crippen LogP contribution in [-0.4, -0.2) is 77.5 Å². The molecule has 0 bridgehead atoms. The van der Waals surface area contributed by atoms with Gasteiger partial charge in [0.25, 0.3) is 5.91 Å². The number of methoxy groups -OCH3 is 1. The first-order chi connectivity index (χ1) is 22.1. The minimum Gasteiger partial charge on any atom is -0.496 e. The van der Waals surface area contributed by atoms with Gasteiger partial charge in [-0.1, -0.05) is 39.3 Å². The maximum atomic E-state index is 14.4. The quantitative estimate of drug-likeness (QED) is 0.315. The van der Waals surface area contributed by atoms with Gasteiger partial charge in [0.15, 0.2) is 11.4 Å². The van der Waals surface area contributed by atoms with Crippen molar-refractivity contribution in [1.29, 1.82) is 0 Å². The molecular formula is C35H50N4O8. The number of primary amides is 1. The Morgan fingerprint density at radius 2 is 1.77 bits per heavy atom. The van der Waals surface area contributed by atoms with E-state index >= 15 is 0 Å². The van der Waals surface area contributed by atoms with E-state index in [-0.39, 0.29) is 31.3 Å². The molecule has 3 amide bonds. The van der Waals surface area contributed by atoms with Crippen LogP contribution in [0.4, 0.5) is 4.79 Å². The number of hydrogen-bond acceptors (Lipinski definition) is 9. The first-order valence-corrected chi connectivity index (χ1v) is 16.6. The lowest BCUT2D eigenvalue weighted by Crippen LogP contribution is -2.57. The number of alkyl carbamates (subject to hydrolysis) is 1. The number of carbonyl (C=O) groups is 5. The maximum Gasteiger partial charge on any atom is 0.408 e. The van der Waals surface area contributed by atoms with Crippen LogP contribution in [0.1, 0.15) is 102 Å². The number of Topliss-reactive ketones (excluding diaryl/α,β-unsaturated/α-hetero) is 2. The van der Waals surface area contributed by atoms with E-state index in [0.29, 0.717) is 25.0 Å². The average molecular weight is 655 g/mol. The lowest BCUT2D eigenvalue weighted by atomic mass is 9.85. The van der Waals surface area contributed by atoms with Gasteiger partial charge >= 0.3 is 6.09 Å². The van der Waals surface area contributed by atoms with E-state index in [4.69, 9.17) is 20.0 Å². The number of hydrogen-bond donors (Lipinski definition) is 2. The van der Waals surface area contributed by atoms with Gasteiger partial charge in [0.1, 0.15) is 17.9 Å². The number of carbonyl (C=O) groups excluding carboxylic acids is 5. The van der Waals surface area contributed by atoms with Gasteiger partial charge in [0, 0.05) is 30.7 Å². The van der Waals surface area contributed by atoms with Crippen molar-refractivity contribution < 1.29 is 38.3 Å². The SMILES string of the molecule is CCC[C@H](CC(=O)[C@@H]1C[C@]2(CC(c3cc(C)c(OC)c(C)c3)=NO2)CN1C(=O)[C@@H](NC(=O)OC1CCCC1)C(C)(C)C)C(=O)C(N)=O. The third kappa shape index (κ3) is 8.13. The van der Waals surface area contributed by atoms with Gasteiger partial charge < -0.3 is 30.3 Å². The highest BCUT2D eigenvalue weighted by Gasteiger charge is 2.55. The molecule has 258 valence electrons. The van der Waals surface area contributed by atoms with Crippen molar-refractivity contribution in [3.63, 3.8) is 0 Å². The van der Waals surface area contributed by atoms with Crippen LogP contribution in [0, 0.1) is 25.2 Å². The van der Waals surface area contributed by atoms with Gasteiger partial charge in [0.05, 0.1) is 25.4 Å². The highest BCUT2D eigenvalue weighted by Crippen LogP contribution is 2.41. The zero-order valence-electron chi connectivity index (χ0n) is 28.8. The Bertz CT molecular complexity index is 1400. The number of benzene rings is 1. The van der Waals surface area contributed by atoms with E-state index in [0.717, 1.165) is 48.1 Å². The maximum absolute atomic E-state index is 14.4. The Morgan fingerprint density at radius 3 is 2.32 bits per heavy atom. The number of nitrogens with two attached hydrogens (primary N) is 1. The number of amides is 3. The van der Waals surface area contributed by atoms with Gasteiger partial charge in [-0.05, 0) is 74.6 Å². The van der Waals surface area contributed by atoms with Crippen LogP contribution in [0.2, 0.25) is 0 Å². The van der Waals surface area contributed by atoms with E-state index in [9.17, 15) is 24.0 Å². The molecule has 4 atom stereocenters. The van der Waals surface area contributed by atoms with Gasteiger partial charge in [-0.3, -0.25) is 19.2 Å². The first kappa shape index (κ1) is 35.9. The predicted molar refractivity (Wildman–Crippen MR) is 175 cm³/mol. The van der Waals surface area contributed by atoms with Crippen molar-refractivity contribution in [2.45, 2.75) is 123 Å². The van der Waals surface area contributed by atoms with Crippen molar-refractivity contribution in [2.75, 3.05) is 13.7 Å². The van der Waals surface area contributed by atoms with Crippen molar-refractivity contribution in [1.82, 2.24) is 10.2 Å². The van der Waals surface area contributed by atoms with Crippen LogP contribution in [-0.2, 0) is 28.8 Å². The number of likely N-dealkylation sites (tertiary alicyclic amines) is 1. The second kappa shape index (κ2) is 14.4. The third-order valence-corrected chi connectivity index (χ3v) is 9.54. The molecule has 0 radical (unpaired) electrons. The van der Waals surface area contributed by atoms with E-state index in [1.54, 1.807) is 7.11 Å². The topological polar surface area (TPSA) is 167 Å². The second-order valence-electron chi connectivity index (χ2n) is 14.5. The fraction of sp³-hybridized carbons (Fsp3) is 0.657. The van der Waals surface area contributed by atoms with Gasteiger partial charge in [-0.15, -0.1) is 0 Å². The number of ketones is 2. The van der Waals surface area contributed by atoms with Crippen molar-refractivity contribution in [2.24, 2.45) is 22.2 Å². The van der Waals surface area contributed by atoms with Crippen molar-refractivity contribution >= 4 is 35.2 Å². The summed E-state index contributed by atoms with van der Waals surface area (Å²) in [6.07, 6.45) is 3.74. The second-order valence-corrected chi connectivity index (χ2v) is 14.5. The van der Waals surface area contributed by atoms with Gasteiger partial charge in [-0.25, -0.2) is 4.79 Å². The van der Waals surface area contributed by atoms with E-state index in [2.05, 4.69) is 10.5 Å². The Hall–Kier alpha value is -3.96. The zero-order chi connectivity index (χ0) is 34.7. The molecule has 3 N–H and O–H groups in total. The molecule has 0 aromatic heterocycles. The molecule has 1 saturated heterocycles. The lowest BCUT2D eigenvalue weighted by Gasteiger charge is -2.35. The molecule has 1 aliphatic carbocycles. The van der Waals surface area contributed by atoms with E-state index in [1.165, 1.54) is 4.90 Å². The molecule has 1 spiro atoms. The Labute approximate surface area is 277 Å². The fourth-order valence-corrected chi connectivity index (χ4v) is 7.15. The van der Waals surface area contributed by atoms with Gasteiger partial charge in [0.2, 0.25) is 11.7 Å². The summed E-state index contributed by atoms with van der Waals surface area (Å²) in [6.45, 7) is 11.3. The molecule has 2 aliphatic heterocycles. The monoisotopic (exact) mass is 654 g/mol. The molecule has 2 heterocycles. The largest absolute Gasteiger partial charge is 0.496 e. The summed E-state index contributed by atoms with van der Waals surface area (Å²) in [6, 6.07) is 1.94. The number of nitrogens with zero attached hydrogens (tertiary/aromatic N) is 2. The standard InChI is InChI=1S/C35H50N4O8/c1-8-11-22(28(41)31(36)42)16-27(40)26-18-35(17-25(38-47-35)23-14-20(2)29(45-7)21(3)15-23)19-39(26)32(43)30(34(4,5)6)37-33(44)46-24-12-9-10-13-24/h14-15,22,24,26,30H,8-13,16-19H2,1-7H3,(H2,36,42)(H,37,44)/t22-,26+,30-,35-/m1/s1. The van der Waals surface area contributed by atoms with Crippen LogP contribution in [0.5, 0.6) is 5.75 Å². The molecule has 12 heteroatoms. The highest BCUT2D eigenvalue weighted by atomic mass is 16.7. The molecule has 1 aromatic carbocycles. The Balaban J connectivity index is 1.63. The Kier molecular flexibility index (Phi) is 11.0. The molecule has 3 aliphatic rings. The fourth-order valence-electron chi connectivity index (χ4n) is 7.15. The molecule has 4 rings (SSSR count). The average Bonchev–Trinajstić information content (AvgIpc) is 3.75. The minimum absolute atomic E-state index is 0.0392.